The Morgan fingerprint density at radius 2 is 0.900 bits per heavy atom. The molecular formula is C18H27FeP+2. The second kappa shape index (κ2) is 9.17. The van der Waals surface area contributed by atoms with Crippen molar-refractivity contribution in [2.75, 3.05) is 0 Å². The van der Waals surface area contributed by atoms with Gasteiger partial charge in [-0.15, -0.1) is 0 Å². The standard InChI is InChI=1S/C13H22P.C5H5.Fe/c1-12(2,3)14(13(4,5)6)11-9-7-8-10-11;1-2-4-5-3-1;/h7-10H,1-6H3;1-5H;/q;;+2. The normalized spacial score (nSPS) is 20.6. The van der Waals surface area contributed by atoms with Crippen molar-refractivity contribution in [1.29, 1.82) is 0 Å². The van der Waals surface area contributed by atoms with Crippen molar-refractivity contribution in [2.24, 2.45) is 0 Å². The van der Waals surface area contributed by atoms with Crippen LogP contribution in [0.5, 0.6) is 0 Å². The first-order valence-corrected chi connectivity index (χ1v) is 8.26. The molecule has 0 N–H and O–H groups in total. The number of rotatable bonds is 1. The molecule has 0 aromatic rings. The molecule has 0 aromatic carbocycles. The predicted octanol–water partition coefficient (Wildman–Crippen LogP) is 5.45. The molecule has 2 aliphatic rings. The van der Waals surface area contributed by atoms with E-state index in [1.807, 2.05) is 32.1 Å². The summed E-state index contributed by atoms with van der Waals surface area (Å²) in [5.41, 5.74) is 1.54. The Hall–Kier alpha value is 0.949. The Balaban J connectivity index is 0.000000507. The van der Waals surface area contributed by atoms with Gasteiger partial charge in [-0.2, -0.15) is 0 Å². The predicted molar refractivity (Wildman–Crippen MR) is 88.4 cm³/mol. The van der Waals surface area contributed by atoms with Gasteiger partial charge < -0.3 is 0 Å². The summed E-state index contributed by atoms with van der Waals surface area (Å²) in [6, 6.07) is 0. The van der Waals surface area contributed by atoms with Crippen molar-refractivity contribution in [3.63, 3.8) is 0 Å². The molecule has 110 valence electrons. The molecule has 2 saturated carbocycles. The van der Waals surface area contributed by atoms with Crippen molar-refractivity contribution in [1.82, 2.24) is 0 Å². The maximum absolute atomic E-state index is 2.36. The average Bonchev–Trinajstić information content (AvgIpc) is 2.86. The fraction of sp³-hybridized carbons (Fsp3) is 0.444. The summed E-state index contributed by atoms with van der Waals surface area (Å²) in [7, 11) is -0.101. The van der Waals surface area contributed by atoms with E-state index in [0.29, 0.717) is 10.3 Å². The van der Waals surface area contributed by atoms with Crippen molar-refractivity contribution in [2.45, 2.75) is 51.9 Å². The third-order valence-electron chi connectivity index (χ3n) is 2.80. The van der Waals surface area contributed by atoms with Gasteiger partial charge >= 0.3 is 17.1 Å². The van der Waals surface area contributed by atoms with Crippen molar-refractivity contribution >= 4 is 7.92 Å². The van der Waals surface area contributed by atoms with E-state index in [-0.39, 0.29) is 25.0 Å². The molecule has 0 aliphatic heterocycles. The molecule has 20 heavy (non-hydrogen) atoms. The molecule has 0 unspecified atom stereocenters. The Kier molecular flexibility index (Phi) is 9.61. The van der Waals surface area contributed by atoms with Crippen LogP contribution in [0.25, 0.3) is 0 Å². The quantitative estimate of drug-likeness (QED) is 0.443. The van der Waals surface area contributed by atoms with E-state index in [1.165, 1.54) is 0 Å². The van der Waals surface area contributed by atoms with E-state index < -0.39 is 0 Å². The summed E-state index contributed by atoms with van der Waals surface area (Å²) in [6.45, 7) is 14.1. The third-order valence-corrected chi connectivity index (χ3v) is 6.30. The minimum Gasteiger partial charge on any atom is -0.0877 e. The maximum Gasteiger partial charge on any atom is 2.00 e. The third kappa shape index (κ3) is 7.28. The van der Waals surface area contributed by atoms with Gasteiger partial charge in [-0.25, -0.2) is 0 Å². The van der Waals surface area contributed by atoms with Gasteiger partial charge in [0.2, 0.25) is 0 Å². The topological polar surface area (TPSA) is 0 Å². The Labute approximate surface area is 140 Å². The Morgan fingerprint density at radius 3 is 1.15 bits per heavy atom. The monoisotopic (exact) mass is 330 g/mol. The van der Waals surface area contributed by atoms with Crippen LogP contribution >= 0.6 is 7.92 Å². The summed E-state index contributed by atoms with van der Waals surface area (Å²) in [6.07, 6.45) is 18.9. The SMILES string of the molecule is CC(C)(C)P([C]1[CH][CH][CH][CH]1)C(C)(C)C.[CH]1[CH][CH][CH][CH]1.[Fe+2]. The molecule has 0 spiro atoms. The second-order valence-electron chi connectivity index (χ2n) is 6.78. The van der Waals surface area contributed by atoms with E-state index in [9.17, 15) is 0 Å². The fourth-order valence-electron chi connectivity index (χ4n) is 2.61. The van der Waals surface area contributed by atoms with E-state index in [1.54, 1.807) is 5.66 Å². The van der Waals surface area contributed by atoms with Gasteiger partial charge in [0.1, 0.15) is 0 Å². The second-order valence-corrected chi connectivity index (χ2v) is 10.7. The molecule has 0 aromatic heterocycles. The summed E-state index contributed by atoms with van der Waals surface area (Å²) >= 11 is 0. The smallest absolute Gasteiger partial charge is 0.0877 e. The van der Waals surface area contributed by atoms with Gasteiger partial charge in [0, 0.05) is 5.66 Å². The molecule has 0 nitrogen and oxygen atoms in total. The molecule has 0 bridgehead atoms. The number of hydrogen-bond donors (Lipinski definition) is 0. The molecule has 2 rings (SSSR count). The summed E-state index contributed by atoms with van der Waals surface area (Å²) in [4.78, 5) is 0. The van der Waals surface area contributed by atoms with Crippen LogP contribution in [-0.4, -0.2) is 10.3 Å². The van der Waals surface area contributed by atoms with Crippen LogP contribution in [0.2, 0.25) is 0 Å². The van der Waals surface area contributed by atoms with E-state index in [4.69, 9.17) is 0 Å². The zero-order chi connectivity index (χ0) is 14.5. The number of hydrogen-bond acceptors (Lipinski definition) is 0. The zero-order valence-electron chi connectivity index (χ0n) is 13.5. The van der Waals surface area contributed by atoms with Crippen LogP contribution < -0.4 is 0 Å². The van der Waals surface area contributed by atoms with Crippen molar-refractivity contribution in [3.05, 3.63) is 63.4 Å². The van der Waals surface area contributed by atoms with E-state index in [0.717, 1.165) is 0 Å². The molecule has 0 heterocycles. The molecule has 0 amide bonds. The molecule has 2 aliphatic carbocycles. The summed E-state index contributed by atoms with van der Waals surface area (Å²) in [5.74, 6) is 0. The first-order valence-electron chi connectivity index (χ1n) is 6.91. The summed E-state index contributed by atoms with van der Waals surface area (Å²) in [5, 5.41) is 0.782. The Bertz CT molecular complexity index is 218. The zero-order valence-corrected chi connectivity index (χ0v) is 15.5. The van der Waals surface area contributed by atoms with Crippen LogP contribution in [0.3, 0.4) is 0 Å². The minimum atomic E-state index is -0.101. The van der Waals surface area contributed by atoms with Crippen LogP contribution in [0.1, 0.15) is 41.5 Å². The van der Waals surface area contributed by atoms with Gasteiger partial charge in [-0.05, 0) is 68.1 Å². The van der Waals surface area contributed by atoms with E-state index in [2.05, 4.69) is 67.2 Å². The molecular weight excluding hydrogens is 303 g/mol. The van der Waals surface area contributed by atoms with Crippen molar-refractivity contribution in [3.8, 4) is 0 Å². The van der Waals surface area contributed by atoms with Crippen LogP contribution in [0, 0.1) is 63.4 Å². The first-order chi connectivity index (χ1) is 8.73. The average molecular weight is 330 g/mol. The fourth-order valence-corrected chi connectivity index (χ4v) is 6.65. The van der Waals surface area contributed by atoms with Gasteiger partial charge in [0.15, 0.2) is 0 Å². The molecule has 2 heteroatoms. The molecule has 2 fully saturated rings. The van der Waals surface area contributed by atoms with Gasteiger partial charge in [-0.1, -0.05) is 49.5 Å². The van der Waals surface area contributed by atoms with Crippen LogP contribution in [0.15, 0.2) is 0 Å². The maximum atomic E-state index is 2.36. The van der Waals surface area contributed by atoms with Crippen LogP contribution in [-0.2, 0) is 17.1 Å². The van der Waals surface area contributed by atoms with Gasteiger partial charge in [-0.3, -0.25) is 0 Å². The molecule has 10 radical (unpaired) electrons. The van der Waals surface area contributed by atoms with Gasteiger partial charge in [0.05, 0.1) is 0 Å². The van der Waals surface area contributed by atoms with E-state index >= 15 is 0 Å². The minimum absolute atomic E-state index is 0. The Morgan fingerprint density at radius 1 is 0.600 bits per heavy atom. The largest absolute Gasteiger partial charge is 2.00 e. The van der Waals surface area contributed by atoms with Gasteiger partial charge in [0.25, 0.3) is 0 Å². The molecule has 0 saturated heterocycles. The van der Waals surface area contributed by atoms with Crippen molar-refractivity contribution < 1.29 is 17.1 Å². The molecule has 0 atom stereocenters. The van der Waals surface area contributed by atoms with Crippen LogP contribution in [0.4, 0.5) is 0 Å². The first kappa shape index (κ1) is 20.9. The summed E-state index contributed by atoms with van der Waals surface area (Å²) < 4.78 is 0.